The summed E-state index contributed by atoms with van der Waals surface area (Å²) in [4.78, 5) is 15.3. The molecule has 0 spiro atoms. The maximum absolute atomic E-state index is 14.5. The standard InChI is InChI=1S/C24H21FN4O2/c25-20-10-4-5-11-21(20)29-23(27-12-6-7-13-27)19(16-26-29)24(30)28-14-15-31-22(17-28)18-8-2-1-3-9-18/h1-13,16,22H,14-15,17H2. The van der Waals surface area contributed by atoms with Crippen molar-refractivity contribution in [3.63, 3.8) is 0 Å². The summed E-state index contributed by atoms with van der Waals surface area (Å²) in [7, 11) is 0. The SMILES string of the molecule is O=C(c1cnn(-c2ccccc2F)c1-n1cccc1)N1CCOC(c2ccccc2)C1. The lowest BCUT2D eigenvalue weighted by Gasteiger charge is -2.33. The van der Waals surface area contributed by atoms with Crippen LogP contribution in [0.25, 0.3) is 11.5 Å². The van der Waals surface area contributed by atoms with E-state index >= 15 is 0 Å². The molecule has 0 bridgehead atoms. The van der Waals surface area contributed by atoms with Crippen LogP contribution in [0.3, 0.4) is 0 Å². The number of morpholine rings is 1. The number of hydrogen-bond acceptors (Lipinski definition) is 3. The minimum Gasteiger partial charge on any atom is -0.370 e. The molecule has 2 aromatic carbocycles. The van der Waals surface area contributed by atoms with Crippen molar-refractivity contribution in [1.29, 1.82) is 0 Å². The van der Waals surface area contributed by atoms with Gasteiger partial charge in [0.15, 0.2) is 5.82 Å². The molecular formula is C24H21FN4O2. The van der Waals surface area contributed by atoms with Gasteiger partial charge in [-0.05, 0) is 29.8 Å². The summed E-state index contributed by atoms with van der Waals surface area (Å²) in [6.07, 6.45) is 4.96. The second kappa shape index (κ2) is 8.20. The van der Waals surface area contributed by atoms with Crippen LogP contribution in [0.2, 0.25) is 0 Å². The maximum Gasteiger partial charge on any atom is 0.259 e. The maximum atomic E-state index is 14.5. The molecule has 31 heavy (non-hydrogen) atoms. The van der Waals surface area contributed by atoms with E-state index in [1.54, 1.807) is 27.7 Å². The van der Waals surface area contributed by atoms with E-state index in [2.05, 4.69) is 5.10 Å². The molecular weight excluding hydrogens is 395 g/mol. The first kappa shape index (κ1) is 19.3. The number of halogens is 1. The highest BCUT2D eigenvalue weighted by Crippen LogP contribution is 2.26. The van der Waals surface area contributed by atoms with Crippen LogP contribution in [-0.2, 0) is 4.74 Å². The fourth-order valence-corrected chi connectivity index (χ4v) is 3.89. The third kappa shape index (κ3) is 3.64. The van der Waals surface area contributed by atoms with Gasteiger partial charge in [-0.1, -0.05) is 42.5 Å². The van der Waals surface area contributed by atoms with Crippen molar-refractivity contribution in [2.24, 2.45) is 0 Å². The van der Waals surface area contributed by atoms with Crippen molar-refractivity contribution in [3.8, 4) is 11.5 Å². The normalized spacial score (nSPS) is 16.4. The topological polar surface area (TPSA) is 52.3 Å². The average Bonchev–Trinajstić information content (AvgIpc) is 3.49. The molecule has 0 saturated carbocycles. The number of carbonyl (C=O) groups excluding carboxylic acids is 1. The Morgan fingerprint density at radius 2 is 1.74 bits per heavy atom. The fourth-order valence-electron chi connectivity index (χ4n) is 3.89. The van der Waals surface area contributed by atoms with Crippen molar-refractivity contribution in [2.45, 2.75) is 6.10 Å². The summed E-state index contributed by atoms with van der Waals surface area (Å²) in [5, 5.41) is 4.37. The molecule has 6 nitrogen and oxygen atoms in total. The van der Waals surface area contributed by atoms with Gasteiger partial charge in [0.2, 0.25) is 0 Å². The molecule has 156 valence electrons. The molecule has 1 atom stereocenters. The van der Waals surface area contributed by atoms with E-state index in [0.717, 1.165) is 5.56 Å². The van der Waals surface area contributed by atoms with E-state index in [1.165, 1.54) is 16.9 Å². The molecule has 1 saturated heterocycles. The molecule has 1 fully saturated rings. The monoisotopic (exact) mass is 416 g/mol. The van der Waals surface area contributed by atoms with Gasteiger partial charge in [0.05, 0.1) is 19.3 Å². The largest absolute Gasteiger partial charge is 0.370 e. The summed E-state index contributed by atoms with van der Waals surface area (Å²) in [6.45, 7) is 1.38. The highest BCUT2D eigenvalue weighted by atomic mass is 19.1. The van der Waals surface area contributed by atoms with Gasteiger partial charge < -0.3 is 14.2 Å². The van der Waals surface area contributed by atoms with E-state index in [9.17, 15) is 9.18 Å². The summed E-state index contributed by atoms with van der Waals surface area (Å²) in [5.41, 5.74) is 1.73. The highest BCUT2D eigenvalue weighted by molar-refractivity contribution is 5.97. The van der Waals surface area contributed by atoms with Gasteiger partial charge in [0.25, 0.3) is 5.91 Å². The van der Waals surface area contributed by atoms with Gasteiger partial charge in [-0.3, -0.25) is 4.79 Å². The molecule has 0 radical (unpaired) electrons. The number of rotatable bonds is 4. The van der Waals surface area contributed by atoms with E-state index < -0.39 is 5.82 Å². The number of para-hydroxylation sites is 1. The van der Waals surface area contributed by atoms with E-state index in [0.29, 0.717) is 31.1 Å². The second-order valence-corrected chi connectivity index (χ2v) is 7.36. The van der Waals surface area contributed by atoms with Gasteiger partial charge in [0.1, 0.15) is 23.2 Å². The Labute approximate surface area is 179 Å². The van der Waals surface area contributed by atoms with Crippen molar-refractivity contribution < 1.29 is 13.9 Å². The van der Waals surface area contributed by atoms with Crippen LogP contribution in [0.5, 0.6) is 0 Å². The van der Waals surface area contributed by atoms with Crippen molar-refractivity contribution in [2.75, 3.05) is 19.7 Å². The lowest BCUT2D eigenvalue weighted by Crippen LogP contribution is -2.42. The lowest BCUT2D eigenvalue weighted by atomic mass is 10.1. The molecule has 7 heteroatoms. The number of aromatic nitrogens is 3. The minimum absolute atomic E-state index is 0.157. The van der Waals surface area contributed by atoms with Gasteiger partial charge >= 0.3 is 0 Å². The number of nitrogens with zero attached hydrogens (tertiary/aromatic N) is 4. The van der Waals surface area contributed by atoms with Crippen LogP contribution in [0.1, 0.15) is 22.0 Å². The summed E-state index contributed by atoms with van der Waals surface area (Å²) < 4.78 is 23.7. The Bertz CT molecular complexity index is 1190. The predicted molar refractivity (Wildman–Crippen MR) is 114 cm³/mol. The molecule has 0 aliphatic carbocycles. The third-order valence-corrected chi connectivity index (χ3v) is 5.43. The molecule has 1 aliphatic heterocycles. The molecule has 3 heterocycles. The zero-order valence-corrected chi connectivity index (χ0v) is 16.8. The number of ether oxygens (including phenoxy) is 1. The Kier molecular flexibility index (Phi) is 5.09. The van der Waals surface area contributed by atoms with Crippen LogP contribution >= 0.6 is 0 Å². The predicted octanol–water partition coefficient (Wildman–Crippen LogP) is 4.02. The van der Waals surface area contributed by atoms with E-state index in [-0.39, 0.29) is 17.7 Å². The lowest BCUT2D eigenvalue weighted by molar-refractivity contribution is -0.0228. The third-order valence-electron chi connectivity index (χ3n) is 5.43. The fraction of sp³-hybridized carbons (Fsp3) is 0.167. The second-order valence-electron chi connectivity index (χ2n) is 7.36. The van der Waals surface area contributed by atoms with E-state index in [4.69, 9.17) is 4.74 Å². The first-order chi connectivity index (χ1) is 15.2. The van der Waals surface area contributed by atoms with Gasteiger partial charge in [-0.2, -0.15) is 5.10 Å². The zero-order valence-electron chi connectivity index (χ0n) is 16.8. The molecule has 1 aliphatic rings. The number of hydrogen-bond donors (Lipinski definition) is 0. The molecule has 1 amide bonds. The van der Waals surface area contributed by atoms with Crippen LogP contribution in [-0.4, -0.2) is 44.9 Å². The average molecular weight is 416 g/mol. The van der Waals surface area contributed by atoms with Crippen molar-refractivity contribution >= 4 is 5.91 Å². The highest BCUT2D eigenvalue weighted by Gasteiger charge is 2.30. The summed E-state index contributed by atoms with van der Waals surface area (Å²) in [6, 6.07) is 20.0. The van der Waals surface area contributed by atoms with Crippen molar-refractivity contribution in [1.82, 2.24) is 19.2 Å². The first-order valence-electron chi connectivity index (χ1n) is 10.1. The van der Waals surface area contributed by atoms with Crippen LogP contribution < -0.4 is 0 Å². The molecule has 5 rings (SSSR count). The van der Waals surface area contributed by atoms with Crippen LogP contribution in [0, 0.1) is 5.82 Å². The van der Waals surface area contributed by atoms with Gasteiger partial charge in [-0.25, -0.2) is 9.07 Å². The molecule has 4 aromatic rings. The molecule has 2 aromatic heterocycles. The Morgan fingerprint density at radius 1 is 1.00 bits per heavy atom. The Hall–Kier alpha value is -3.71. The van der Waals surface area contributed by atoms with Gasteiger partial charge in [0, 0.05) is 18.9 Å². The molecule has 0 N–H and O–H groups in total. The molecule has 1 unspecified atom stereocenters. The first-order valence-corrected chi connectivity index (χ1v) is 10.1. The van der Waals surface area contributed by atoms with Crippen LogP contribution in [0.4, 0.5) is 4.39 Å². The zero-order chi connectivity index (χ0) is 21.2. The Balaban J connectivity index is 1.51. The smallest absolute Gasteiger partial charge is 0.259 e. The summed E-state index contributed by atoms with van der Waals surface area (Å²) >= 11 is 0. The summed E-state index contributed by atoms with van der Waals surface area (Å²) in [5.74, 6) is -0.0631. The van der Waals surface area contributed by atoms with E-state index in [1.807, 2.05) is 54.9 Å². The number of benzene rings is 2. The van der Waals surface area contributed by atoms with Crippen molar-refractivity contribution in [3.05, 3.63) is 102 Å². The number of carbonyl (C=O) groups is 1. The quantitative estimate of drug-likeness (QED) is 0.505. The van der Waals surface area contributed by atoms with Crippen LogP contribution in [0.15, 0.2) is 85.3 Å². The number of amides is 1. The Morgan fingerprint density at radius 3 is 2.52 bits per heavy atom. The minimum atomic E-state index is -0.409. The van der Waals surface area contributed by atoms with Gasteiger partial charge in [-0.15, -0.1) is 0 Å².